The molecule has 7 nitrogen and oxygen atoms in total. The van der Waals surface area contributed by atoms with E-state index in [1.165, 1.54) is 0 Å². The molecular weight excluding hydrogens is 344 g/mol. The van der Waals surface area contributed by atoms with Crippen molar-refractivity contribution in [3.05, 3.63) is 60.2 Å². The van der Waals surface area contributed by atoms with Gasteiger partial charge in [0.1, 0.15) is 12.4 Å². The third kappa shape index (κ3) is 5.54. The first kappa shape index (κ1) is 18.9. The first-order valence-electron chi connectivity index (χ1n) is 8.94. The average molecular weight is 368 g/mol. The third-order valence-corrected chi connectivity index (χ3v) is 4.35. The Kier molecular flexibility index (Phi) is 6.40. The van der Waals surface area contributed by atoms with Gasteiger partial charge >= 0.3 is 0 Å². The van der Waals surface area contributed by atoms with Crippen LogP contribution in [-0.4, -0.2) is 37.0 Å². The van der Waals surface area contributed by atoms with Crippen LogP contribution in [0.2, 0.25) is 0 Å². The van der Waals surface area contributed by atoms with Gasteiger partial charge in [0.05, 0.1) is 12.6 Å². The standard InChI is InChI=1S/C20H24N4O3/c21-11-19(25)23-16-10-18(22-12-16)20(26)24-15-7-4-8-17(9-15)27-13-14-5-2-1-3-6-14/h1-9,16,18,22H,10-13,21H2,(H,23,25)(H,24,26). The van der Waals surface area contributed by atoms with Gasteiger partial charge in [-0.1, -0.05) is 36.4 Å². The smallest absolute Gasteiger partial charge is 0.241 e. The SMILES string of the molecule is NCC(=O)NC1CNC(C(=O)Nc2cccc(OCc3ccccc3)c2)C1. The van der Waals surface area contributed by atoms with Crippen molar-refractivity contribution in [3.63, 3.8) is 0 Å². The number of rotatable bonds is 7. The van der Waals surface area contributed by atoms with Crippen LogP contribution in [0.1, 0.15) is 12.0 Å². The summed E-state index contributed by atoms with van der Waals surface area (Å²) in [6.45, 7) is 0.956. The van der Waals surface area contributed by atoms with E-state index >= 15 is 0 Å². The molecule has 0 bridgehead atoms. The third-order valence-electron chi connectivity index (χ3n) is 4.35. The van der Waals surface area contributed by atoms with Crippen LogP contribution in [0.15, 0.2) is 54.6 Å². The van der Waals surface area contributed by atoms with Gasteiger partial charge < -0.3 is 26.4 Å². The average Bonchev–Trinajstić information content (AvgIpc) is 3.16. The summed E-state index contributed by atoms with van der Waals surface area (Å²) in [7, 11) is 0. The largest absolute Gasteiger partial charge is 0.489 e. The molecule has 2 aromatic carbocycles. The van der Waals surface area contributed by atoms with Crippen LogP contribution >= 0.6 is 0 Å². The number of hydrogen-bond donors (Lipinski definition) is 4. The summed E-state index contributed by atoms with van der Waals surface area (Å²) in [6.07, 6.45) is 0.530. The number of nitrogens with two attached hydrogens (primary N) is 1. The summed E-state index contributed by atoms with van der Waals surface area (Å²) in [5, 5.41) is 8.80. The van der Waals surface area contributed by atoms with E-state index in [-0.39, 0.29) is 30.4 Å². The van der Waals surface area contributed by atoms with E-state index in [0.717, 1.165) is 5.56 Å². The Morgan fingerprint density at radius 2 is 1.96 bits per heavy atom. The number of carbonyl (C=O) groups excluding carboxylic acids is 2. The molecular formula is C20H24N4O3. The van der Waals surface area contributed by atoms with Gasteiger partial charge in [0, 0.05) is 24.3 Å². The Morgan fingerprint density at radius 1 is 1.15 bits per heavy atom. The van der Waals surface area contributed by atoms with Crippen molar-refractivity contribution in [1.29, 1.82) is 0 Å². The highest BCUT2D eigenvalue weighted by molar-refractivity contribution is 5.95. The molecule has 27 heavy (non-hydrogen) atoms. The van der Waals surface area contributed by atoms with E-state index in [4.69, 9.17) is 10.5 Å². The van der Waals surface area contributed by atoms with Gasteiger partial charge in [-0.2, -0.15) is 0 Å². The van der Waals surface area contributed by atoms with E-state index in [2.05, 4.69) is 16.0 Å². The Bertz CT molecular complexity index is 782. The molecule has 2 amide bonds. The van der Waals surface area contributed by atoms with Gasteiger partial charge in [0.2, 0.25) is 11.8 Å². The van der Waals surface area contributed by atoms with Crippen molar-refractivity contribution in [3.8, 4) is 5.75 Å². The molecule has 0 aliphatic carbocycles. The normalized spacial score (nSPS) is 18.7. The molecule has 1 aliphatic heterocycles. The number of ether oxygens (including phenoxy) is 1. The molecule has 1 aliphatic rings. The summed E-state index contributed by atoms with van der Waals surface area (Å²) in [5.41, 5.74) is 7.04. The zero-order valence-electron chi connectivity index (χ0n) is 15.0. The van der Waals surface area contributed by atoms with E-state index in [0.29, 0.717) is 31.0 Å². The summed E-state index contributed by atoms with van der Waals surface area (Å²) in [6, 6.07) is 16.7. The fourth-order valence-corrected chi connectivity index (χ4v) is 2.97. The highest BCUT2D eigenvalue weighted by Gasteiger charge is 2.30. The molecule has 0 spiro atoms. The second kappa shape index (κ2) is 9.16. The van der Waals surface area contributed by atoms with E-state index in [9.17, 15) is 9.59 Å². The molecule has 5 N–H and O–H groups in total. The number of carbonyl (C=O) groups is 2. The minimum atomic E-state index is -0.359. The lowest BCUT2D eigenvalue weighted by molar-refractivity contribution is -0.121. The Morgan fingerprint density at radius 3 is 2.74 bits per heavy atom. The lowest BCUT2D eigenvalue weighted by atomic mass is 10.1. The van der Waals surface area contributed by atoms with Gasteiger partial charge in [0.25, 0.3) is 0 Å². The Labute approximate surface area is 158 Å². The molecule has 2 atom stereocenters. The number of hydrogen-bond acceptors (Lipinski definition) is 5. The van der Waals surface area contributed by atoms with Crippen molar-refractivity contribution >= 4 is 17.5 Å². The highest BCUT2D eigenvalue weighted by atomic mass is 16.5. The monoisotopic (exact) mass is 368 g/mol. The predicted molar refractivity (Wildman–Crippen MR) is 103 cm³/mol. The number of nitrogens with one attached hydrogen (secondary N) is 3. The van der Waals surface area contributed by atoms with Gasteiger partial charge in [-0.25, -0.2) is 0 Å². The van der Waals surface area contributed by atoms with Crippen molar-refractivity contribution < 1.29 is 14.3 Å². The number of benzene rings is 2. The van der Waals surface area contributed by atoms with Crippen LogP contribution in [-0.2, 0) is 16.2 Å². The second-order valence-electron chi connectivity index (χ2n) is 6.46. The fraction of sp³-hybridized carbons (Fsp3) is 0.300. The topological polar surface area (TPSA) is 105 Å². The molecule has 2 unspecified atom stereocenters. The maximum absolute atomic E-state index is 12.5. The van der Waals surface area contributed by atoms with Crippen molar-refractivity contribution in [1.82, 2.24) is 10.6 Å². The molecule has 1 heterocycles. The maximum atomic E-state index is 12.5. The predicted octanol–water partition coefficient (Wildman–Crippen LogP) is 1.01. The van der Waals surface area contributed by atoms with Crippen LogP contribution < -0.4 is 26.4 Å². The summed E-state index contributed by atoms with van der Waals surface area (Å²) < 4.78 is 5.79. The van der Waals surface area contributed by atoms with Crippen molar-refractivity contribution in [2.45, 2.75) is 25.1 Å². The number of anilines is 1. The zero-order valence-corrected chi connectivity index (χ0v) is 15.0. The Balaban J connectivity index is 1.52. The molecule has 1 fully saturated rings. The fourth-order valence-electron chi connectivity index (χ4n) is 2.97. The molecule has 3 rings (SSSR count). The van der Waals surface area contributed by atoms with Gasteiger partial charge in [-0.05, 0) is 24.1 Å². The lowest BCUT2D eigenvalue weighted by Gasteiger charge is -2.13. The second-order valence-corrected chi connectivity index (χ2v) is 6.46. The highest BCUT2D eigenvalue weighted by Crippen LogP contribution is 2.19. The minimum Gasteiger partial charge on any atom is -0.489 e. The van der Waals surface area contributed by atoms with Crippen LogP contribution in [0, 0.1) is 0 Å². The van der Waals surface area contributed by atoms with Crippen LogP contribution in [0.25, 0.3) is 0 Å². The molecule has 0 radical (unpaired) electrons. The molecule has 142 valence electrons. The summed E-state index contributed by atoms with van der Waals surface area (Å²) >= 11 is 0. The first-order chi connectivity index (χ1) is 13.1. The first-order valence-corrected chi connectivity index (χ1v) is 8.94. The van der Waals surface area contributed by atoms with E-state index < -0.39 is 0 Å². The quantitative estimate of drug-likeness (QED) is 0.584. The maximum Gasteiger partial charge on any atom is 0.241 e. The van der Waals surface area contributed by atoms with Crippen LogP contribution in [0.4, 0.5) is 5.69 Å². The Hall–Kier alpha value is -2.90. The van der Waals surface area contributed by atoms with Crippen LogP contribution in [0.5, 0.6) is 5.75 Å². The van der Waals surface area contributed by atoms with Gasteiger partial charge in [0.15, 0.2) is 0 Å². The van der Waals surface area contributed by atoms with Crippen LogP contribution in [0.3, 0.4) is 0 Å². The zero-order chi connectivity index (χ0) is 19.1. The van der Waals surface area contributed by atoms with E-state index in [1.807, 2.05) is 48.5 Å². The van der Waals surface area contributed by atoms with Gasteiger partial charge in [-0.3, -0.25) is 9.59 Å². The summed E-state index contributed by atoms with van der Waals surface area (Å²) in [4.78, 5) is 23.8. The molecule has 0 saturated carbocycles. The molecule has 0 aromatic heterocycles. The molecule has 7 heteroatoms. The van der Waals surface area contributed by atoms with Crippen molar-refractivity contribution in [2.75, 3.05) is 18.4 Å². The lowest BCUT2D eigenvalue weighted by Crippen LogP contribution is -2.39. The minimum absolute atomic E-state index is 0.0524. The molecule has 1 saturated heterocycles. The number of amides is 2. The van der Waals surface area contributed by atoms with Gasteiger partial charge in [-0.15, -0.1) is 0 Å². The molecule has 2 aromatic rings. The van der Waals surface area contributed by atoms with Crippen molar-refractivity contribution in [2.24, 2.45) is 5.73 Å². The summed E-state index contributed by atoms with van der Waals surface area (Å²) in [5.74, 6) is 0.329. The van der Waals surface area contributed by atoms with E-state index in [1.54, 1.807) is 6.07 Å².